The van der Waals surface area contributed by atoms with Gasteiger partial charge < -0.3 is 14.8 Å². The van der Waals surface area contributed by atoms with Crippen LogP contribution < -0.4 is 10.1 Å². The average molecular weight is 369 g/mol. The summed E-state index contributed by atoms with van der Waals surface area (Å²) in [5.41, 5.74) is 2.17. The minimum Gasteiger partial charge on any atom is -0.481 e. The molecule has 0 saturated carbocycles. The summed E-state index contributed by atoms with van der Waals surface area (Å²) in [6, 6.07) is 14.4. The Hall–Kier alpha value is -2.82. The monoisotopic (exact) mass is 369 g/mol. The van der Waals surface area contributed by atoms with Crippen molar-refractivity contribution in [2.24, 2.45) is 0 Å². The highest BCUT2D eigenvalue weighted by Crippen LogP contribution is 2.24. The highest BCUT2D eigenvalue weighted by Gasteiger charge is 2.17. The van der Waals surface area contributed by atoms with Gasteiger partial charge in [0, 0.05) is 5.69 Å². The molecule has 0 aliphatic heterocycles. The Morgan fingerprint density at radius 1 is 1.07 bits per heavy atom. The fraction of sp³-hybridized carbons (Fsp3) is 0.364. The highest BCUT2D eigenvalue weighted by atomic mass is 16.5. The first-order chi connectivity index (χ1) is 12.7. The molecule has 27 heavy (non-hydrogen) atoms. The molecule has 0 heterocycles. The molecule has 2 rings (SSSR count). The first kappa shape index (κ1) is 20.5. The maximum Gasteiger partial charge on any atom is 0.338 e. The number of esters is 1. The fourth-order valence-corrected chi connectivity index (χ4v) is 2.47. The first-order valence-corrected chi connectivity index (χ1v) is 9.06. The molecule has 2 aromatic carbocycles. The molecule has 0 fully saturated rings. The minimum absolute atomic E-state index is 0.0610. The molecule has 1 amide bonds. The van der Waals surface area contributed by atoms with Gasteiger partial charge in [0.25, 0.3) is 5.91 Å². The number of benzene rings is 2. The van der Waals surface area contributed by atoms with E-state index in [-0.39, 0.29) is 11.3 Å². The maximum absolute atomic E-state index is 12.4. The summed E-state index contributed by atoms with van der Waals surface area (Å²) < 4.78 is 10.7. The minimum atomic E-state index is -0.684. The molecule has 1 N–H and O–H groups in total. The van der Waals surface area contributed by atoms with Crippen molar-refractivity contribution in [3.05, 3.63) is 59.7 Å². The third kappa shape index (κ3) is 5.84. The Labute approximate surface area is 160 Å². The van der Waals surface area contributed by atoms with Gasteiger partial charge in [-0.25, -0.2) is 4.79 Å². The Morgan fingerprint density at radius 3 is 2.33 bits per heavy atom. The van der Waals surface area contributed by atoms with Crippen molar-refractivity contribution in [1.29, 1.82) is 0 Å². The molecule has 0 aliphatic rings. The number of anilines is 1. The number of nitrogens with one attached hydrogen (secondary N) is 1. The Morgan fingerprint density at radius 2 is 1.74 bits per heavy atom. The molecule has 2 aromatic rings. The smallest absolute Gasteiger partial charge is 0.338 e. The van der Waals surface area contributed by atoms with E-state index in [1.165, 1.54) is 5.56 Å². The third-order valence-corrected chi connectivity index (χ3v) is 4.04. The quantitative estimate of drug-likeness (QED) is 0.758. The van der Waals surface area contributed by atoms with Gasteiger partial charge in [-0.2, -0.15) is 0 Å². The molecule has 0 bridgehead atoms. The van der Waals surface area contributed by atoms with E-state index in [0.29, 0.717) is 23.6 Å². The molecule has 144 valence electrons. The van der Waals surface area contributed by atoms with Crippen molar-refractivity contribution in [3.63, 3.8) is 0 Å². The van der Waals surface area contributed by atoms with E-state index < -0.39 is 12.1 Å². The van der Waals surface area contributed by atoms with Crippen molar-refractivity contribution in [2.75, 3.05) is 11.9 Å². The number of amides is 1. The van der Waals surface area contributed by atoms with Crippen LogP contribution in [0, 0.1) is 0 Å². The van der Waals surface area contributed by atoms with Gasteiger partial charge in [-0.05, 0) is 55.2 Å². The summed E-state index contributed by atoms with van der Waals surface area (Å²) in [5, 5.41) is 2.76. The summed E-state index contributed by atoms with van der Waals surface area (Å²) >= 11 is 0. The Bertz CT molecular complexity index is 791. The van der Waals surface area contributed by atoms with Crippen molar-refractivity contribution >= 4 is 17.6 Å². The third-order valence-electron chi connectivity index (χ3n) is 4.04. The van der Waals surface area contributed by atoms with E-state index in [0.717, 1.165) is 0 Å². The zero-order chi connectivity index (χ0) is 20.0. The second-order valence-electron chi connectivity index (χ2n) is 7.32. The van der Waals surface area contributed by atoms with Crippen LogP contribution in [0.5, 0.6) is 5.75 Å². The van der Waals surface area contributed by atoms with Gasteiger partial charge in [-0.3, -0.25) is 4.79 Å². The van der Waals surface area contributed by atoms with Gasteiger partial charge in [-0.15, -0.1) is 0 Å². The van der Waals surface area contributed by atoms with Gasteiger partial charge in [0.05, 0.1) is 12.2 Å². The number of carbonyl (C=O) groups is 2. The van der Waals surface area contributed by atoms with Crippen molar-refractivity contribution in [2.45, 2.75) is 46.1 Å². The standard InChI is InChI=1S/C22H27NO4/c1-6-26-21(25)16-8-7-9-18(14-16)23-20(24)15(2)27-19-12-10-17(11-13-19)22(3,4)5/h7-15H,6H2,1-5H3,(H,23,24)/t15-/m0/s1. The van der Waals surface area contributed by atoms with Crippen LogP contribution in [0.1, 0.15) is 50.5 Å². The number of rotatable bonds is 6. The van der Waals surface area contributed by atoms with Crippen LogP contribution in [0.25, 0.3) is 0 Å². The van der Waals surface area contributed by atoms with Gasteiger partial charge >= 0.3 is 5.97 Å². The fourth-order valence-electron chi connectivity index (χ4n) is 2.47. The van der Waals surface area contributed by atoms with E-state index in [1.807, 2.05) is 24.3 Å². The van der Waals surface area contributed by atoms with Crippen molar-refractivity contribution < 1.29 is 19.1 Å². The largest absolute Gasteiger partial charge is 0.481 e. The van der Waals surface area contributed by atoms with Crippen LogP contribution in [0.4, 0.5) is 5.69 Å². The number of hydrogen-bond donors (Lipinski definition) is 1. The summed E-state index contributed by atoms with van der Waals surface area (Å²) in [6.45, 7) is 10.2. The summed E-state index contributed by atoms with van der Waals surface area (Å²) in [4.78, 5) is 24.2. The molecule has 0 radical (unpaired) electrons. The predicted molar refractivity (Wildman–Crippen MR) is 106 cm³/mol. The van der Waals surface area contributed by atoms with Crippen LogP contribution in [0.15, 0.2) is 48.5 Å². The second-order valence-corrected chi connectivity index (χ2v) is 7.32. The lowest BCUT2D eigenvalue weighted by atomic mass is 9.87. The summed E-state index contributed by atoms with van der Waals surface area (Å²) in [7, 11) is 0. The van der Waals surface area contributed by atoms with Crippen LogP contribution in [-0.4, -0.2) is 24.6 Å². The predicted octanol–water partition coefficient (Wildman–Crippen LogP) is 4.57. The summed E-state index contributed by atoms with van der Waals surface area (Å²) in [6.07, 6.45) is -0.684. The maximum atomic E-state index is 12.4. The van der Waals surface area contributed by atoms with Crippen LogP contribution in [0.3, 0.4) is 0 Å². The van der Waals surface area contributed by atoms with E-state index in [1.54, 1.807) is 38.1 Å². The molecule has 0 saturated heterocycles. The molecule has 0 spiro atoms. The zero-order valence-electron chi connectivity index (χ0n) is 16.5. The van der Waals surface area contributed by atoms with E-state index >= 15 is 0 Å². The molecular formula is C22H27NO4. The SMILES string of the molecule is CCOC(=O)c1cccc(NC(=O)[C@H](C)Oc2ccc(C(C)(C)C)cc2)c1. The Kier molecular flexibility index (Phi) is 6.61. The lowest BCUT2D eigenvalue weighted by molar-refractivity contribution is -0.122. The van der Waals surface area contributed by atoms with Crippen LogP contribution in [-0.2, 0) is 14.9 Å². The first-order valence-electron chi connectivity index (χ1n) is 9.06. The summed E-state index contributed by atoms with van der Waals surface area (Å²) in [5.74, 6) is -0.0846. The molecular weight excluding hydrogens is 342 g/mol. The lowest BCUT2D eigenvalue weighted by Gasteiger charge is -2.20. The van der Waals surface area contributed by atoms with Gasteiger partial charge in [0.1, 0.15) is 5.75 Å². The molecule has 5 heteroatoms. The van der Waals surface area contributed by atoms with Crippen LogP contribution >= 0.6 is 0 Å². The van der Waals surface area contributed by atoms with Gasteiger partial charge in [0.2, 0.25) is 0 Å². The molecule has 0 unspecified atom stereocenters. The van der Waals surface area contributed by atoms with E-state index in [9.17, 15) is 9.59 Å². The molecule has 0 aliphatic carbocycles. The number of ether oxygens (including phenoxy) is 2. The number of hydrogen-bond acceptors (Lipinski definition) is 4. The normalized spacial score (nSPS) is 12.2. The van der Waals surface area contributed by atoms with Gasteiger partial charge in [-0.1, -0.05) is 39.0 Å². The lowest BCUT2D eigenvalue weighted by Crippen LogP contribution is -2.30. The van der Waals surface area contributed by atoms with Crippen LogP contribution in [0.2, 0.25) is 0 Å². The second kappa shape index (κ2) is 8.71. The molecule has 5 nitrogen and oxygen atoms in total. The topological polar surface area (TPSA) is 64.6 Å². The average Bonchev–Trinajstić information content (AvgIpc) is 2.61. The zero-order valence-corrected chi connectivity index (χ0v) is 16.5. The van der Waals surface area contributed by atoms with Crippen molar-refractivity contribution in [1.82, 2.24) is 0 Å². The molecule has 0 aromatic heterocycles. The van der Waals surface area contributed by atoms with Crippen molar-refractivity contribution in [3.8, 4) is 5.75 Å². The van der Waals surface area contributed by atoms with E-state index in [2.05, 4.69) is 26.1 Å². The highest BCUT2D eigenvalue weighted by molar-refractivity contribution is 5.96. The number of carbonyl (C=O) groups excluding carboxylic acids is 2. The Balaban J connectivity index is 1.99. The van der Waals surface area contributed by atoms with E-state index in [4.69, 9.17) is 9.47 Å². The molecule has 1 atom stereocenters. The van der Waals surface area contributed by atoms with Gasteiger partial charge in [0.15, 0.2) is 6.10 Å².